The monoisotopic (exact) mass is 522 g/mol. The van der Waals surface area contributed by atoms with Gasteiger partial charge in [0.15, 0.2) is 0 Å². The molecule has 0 bridgehead atoms. The highest BCUT2D eigenvalue weighted by atomic mass is 79.9. The number of alkyl halides is 1. The first-order chi connectivity index (χ1) is 15.9. The van der Waals surface area contributed by atoms with Crippen molar-refractivity contribution in [3.8, 4) is 0 Å². The lowest BCUT2D eigenvalue weighted by molar-refractivity contribution is -0.160. The van der Waals surface area contributed by atoms with Crippen LogP contribution in [-0.4, -0.2) is 23.2 Å². The molecule has 3 nitrogen and oxygen atoms in total. The molecule has 8 atom stereocenters. The van der Waals surface area contributed by atoms with Crippen LogP contribution in [-0.2, 0) is 14.3 Å². The Labute approximate surface area is 210 Å². The first kappa shape index (κ1) is 25.7. The highest BCUT2D eigenvalue weighted by Crippen LogP contribution is 2.64. The Bertz CT molecular complexity index is 678. The Kier molecular flexibility index (Phi) is 9.01. The summed E-state index contributed by atoms with van der Waals surface area (Å²) in [7, 11) is 0. The van der Waals surface area contributed by atoms with Gasteiger partial charge in [-0.1, -0.05) is 67.8 Å². The van der Waals surface area contributed by atoms with Gasteiger partial charge in [0.05, 0.1) is 0 Å². The predicted molar refractivity (Wildman–Crippen MR) is 137 cm³/mol. The zero-order valence-electron chi connectivity index (χ0n) is 21.2. The van der Waals surface area contributed by atoms with Gasteiger partial charge >= 0.3 is 5.97 Å². The second-order valence-electron chi connectivity index (χ2n) is 12.2. The van der Waals surface area contributed by atoms with Gasteiger partial charge in [0.1, 0.15) is 11.9 Å². The number of Topliss-reactive ketones (excluding diaryl/α,β-unsaturated/α-hetero) is 1. The molecule has 0 aromatic carbocycles. The van der Waals surface area contributed by atoms with Crippen LogP contribution in [0.2, 0.25) is 0 Å². The topological polar surface area (TPSA) is 43.4 Å². The molecule has 4 rings (SSSR count). The van der Waals surface area contributed by atoms with Crippen LogP contribution in [0.3, 0.4) is 0 Å². The molecule has 0 amide bonds. The highest BCUT2D eigenvalue weighted by Gasteiger charge is 2.60. The van der Waals surface area contributed by atoms with Gasteiger partial charge in [0.2, 0.25) is 0 Å². The molecule has 0 aromatic heterocycles. The Morgan fingerprint density at radius 3 is 2.45 bits per heavy atom. The number of carbonyl (C=O) groups is 2. The lowest BCUT2D eigenvalue weighted by Crippen LogP contribution is -2.53. The van der Waals surface area contributed by atoms with E-state index in [1.807, 2.05) is 0 Å². The fourth-order valence-electron chi connectivity index (χ4n) is 8.92. The summed E-state index contributed by atoms with van der Waals surface area (Å²) in [6.45, 7) is 4.02. The maximum absolute atomic E-state index is 12.3. The van der Waals surface area contributed by atoms with E-state index in [2.05, 4.69) is 22.9 Å². The number of hydrogen-bond donors (Lipinski definition) is 0. The quantitative estimate of drug-likeness (QED) is 0.166. The van der Waals surface area contributed by atoms with Gasteiger partial charge < -0.3 is 4.74 Å². The zero-order valence-corrected chi connectivity index (χ0v) is 22.8. The highest BCUT2D eigenvalue weighted by molar-refractivity contribution is 9.09. The second kappa shape index (κ2) is 11.6. The molecule has 0 heterocycles. The molecular weight excluding hydrogens is 476 g/mol. The van der Waals surface area contributed by atoms with Crippen LogP contribution >= 0.6 is 15.9 Å². The van der Waals surface area contributed by atoms with E-state index in [1.165, 1.54) is 77.0 Å². The van der Waals surface area contributed by atoms with E-state index in [4.69, 9.17) is 4.74 Å². The van der Waals surface area contributed by atoms with Crippen LogP contribution in [0.4, 0.5) is 0 Å². The number of carbonyl (C=O) groups excluding carboxylic acids is 2. The Morgan fingerprint density at radius 1 is 1.00 bits per heavy atom. The van der Waals surface area contributed by atoms with Crippen molar-refractivity contribution in [2.45, 2.75) is 123 Å². The third kappa shape index (κ3) is 5.72. The third-order valence-electron chi connectivity index (χ3n) is 10.4. The summed E-state index contributed by atoms with van der Waals surface area (Å²) in [6.07, 6.45) is 19.9. The number of esters is 1. The van der Waals surface area contributed by atoms with E-state index >= 15 is 0 Å². The number of fused-ring (bicyclic) bond motifs is 5. The molecule has 0 spiro atoms. The lowest BCUT2D eigenvalue weighted by Gasteiger charge is -2.58. The van der Waals surface area contributed by atoms with Crippen molar-refractivity contribution in [2.24, 2.45) is 40.9 Å². The standard InChI is InChI=1S/C29H47BrO3/c1-20(31)33-27-14-13-26-28-21(10-8-6-4-3-5-7-9-17-30)18-22-19-23(32)11-12-24(22)25(28)15-16-29(26,27)2/h21-22,24-28H,3-19H2,1-2H3/t21-,22?,24+,25?,26?,27+,28?,29+/m1/s1. The van der Waals surface area contributed by atoms with Crippen molar-refractivity contribution >= 4 is 27.7 Å². The molecule has 4 heteroatoms. The van der Waals surface area contributed by atoms with Crippen LogP contribution in [0.1, 0.15) is 117 Å². The van der Waals surface area contributed by atoms with E-state index in [9.17, 15) is 9.59 Å². The van der Waals surface area contributed by atoms with Crippen LogP contribution < -0.4 is 0 Å². The molecule has 0 radical (unpaired) electrons. The summed E-state index contributed by atoms with van der Waals surface area (Å²) < 4.78 is 5.89. The van der Waals surface area contributed by atoms with Gasteiger partial charge in [-0.05, 0) is 80.5 Å². The summed E-state index contributed by atoms with van der Waals surface area (Å²) in [5, 5.41) is 1.14. The molecule has 4 aliphatic rings. The van der Waals surface area contributed by atoms with Crippen molar-refractivity contribution in [3.63, 3.8) is 0 Å². The smallest absolute Gasteiger partial charge is 0.302 e. The maximum atomic E-state index is 12.3. The van der Waals surface area contributed by atoms with Crippen molar-refractivity contribution < 1.29 is 14.3 Å². The van der Waals surface area contributed by atoms with Crippen molar-refractivity contribution in [2.75, 3.05) is 5.33 Å². The van der Waals surface area contributed by atoms with Crippen molar-refractivity contribution in [3.05, 3.63) is 0 Å². The summed E-state index contributed by atoms with van der Waals surface area (Å²) in [4.78, 5) is 24.1. The summed E-state index contributed by atoms with van der Waals surface area (Å²) in [6, 6.07) is 0. The number of ketones is 1. The third-order valence-corrected chi connectivity index (χ3v) is 10.9. The minimum atomic E-state index is -0.105. The number of unbranched alkanes of at least 4 members (excludes halogenated alkanes) is 6. The molecule has 4 aliphatic carbocycles. The van der Waals surface area contributed by atoms with Crippen LogP contribution in [0.5, 0.6) is 0 Å². The molecule has 0 aromatic rings. The van der Waals surface area contributed by atoms with Crippen LogP contribution in [0, 0.1) is 40.9 Å². The lowest BCUT2D eigenvalue weighted by atomic mass is 9.47. The summed E-state index contributed by atoms with van der Waals surface area (Å²) in [5.41, 5.74) is 0.165. The maximum Gasteiger partial charge on any atom is 0.302 e. The minimum absolute atomic E-state index is 0.105. The first-order valence-electron chi connectivity index (χ1n) is 14.2. The summed E-state index contributed by atoms with van der Waals surface area (Å²) >= 11 is 3.54. The second-order valence-corrected chi connectivity index (χ2v) is 13.0. The molecule has 188 valence electrons. The SMILES string of the molecule is CC(=O)O[C@H]1CCC2C3C(CC[C@@]21C)[C@H]1CCC(=O)CC1C[C@H]3CCCCCCCCCBr. The molecular formula is C29H47BrO3. The van der Waals surface area contributed by atoms with E-state index in [0.717, 1.165) is 54.7 Å². The van der Waals surface area contributed by atoms with Gasteiger partial charge in [-0.15, -0.1) is 0 Å². The fraction of sp³-hybridized carbons (Fsp3) is 0.931. The van der Waals surface area contributed by atoms with E-state index in [1.54, 1.807) is 6.92 Å². The van der Waals surface area contributed by atoms with Gasteiger partial charge in [0.25, 0.3) is 0 Å². The molecule has 33 heavy (non-hydrogen) atoms. The normalized spacial score (nSPS) is 40.1. The molecule has 0 N–H and O–H groups in total. The number of halogens is 1. The Balaban J connectivity index is 1.42. The van der Waals surface area contributed by atoms with E-state index < -0.39 is 0 Å². The number of ether oxygens (including phenoxy) is 1. The first-order valence-corrected chi connectivity index (χ1v) is 15.3. The zero-order chi connectivity index (χ0) is 23.4. The number of hydrogen-bond acceptors (Lipinski definition) is 3. The van der Waals surface area contributed by atoms with Crippen molar-refractivity contribution in [1.82, 2.24) is 0 Å². The molecule has 0 saturated heterocycles. The fourth-order valence-corrected chi connectivity index (χ4v) is 9.32. The average Bonchev–Trinajstić information content (AvgIpc) is 3.10. The minimum Gasteiger partial charge on any atom is -0.462 e. The van der Waals surface area contributed by atoms with Crippen LogP contribution in [0.25, 0.3) is 0 Å². The molecule has 4 unspecified atom stereocenters. The van der Waals surface area contributed by atoms with Crippen molar-refractivity contribution in [1.29, 1.82) is 0 Å². The van der Waals surface area contributed by atoms with Gasteiger partial charge in [0, 0.05) is 30.5 Å². The van der Waals surface area contributed by atoms with Gasteiger partial charge in [-0.3, -0.25) is 9.59 Å². The van der Waals surface area contributed by atoms with Gasteiger partial charge in [-0.25, -0.2) is 0 Å². The molecule has 4 saturated carbocycles. The average molecular weight is 524 g/mol. The Morgan fingerprint density at radius 2 is 1.73 bits per heavy atom. The number of rotatable bonds is 10. The molecule has 4 fully saturated rings. The van der Waals surface area contributed by atoms with Gasteiger partial charge in [-0.2, -0.15) is 0 Å². The largest absolute Gasteiger partial charge is 0.462 e. The van der Waals surface area contributed by atoms with Crippen LogP contribution in [0.15, 0.2) is 0 Å². The molecule has 0 aliphatic heterocycles. The Hall–Kier alpha value is -0.380. The van der Waals surface area contributed by atoms with E-state index in [-0.39, 0.29) is 17.5 Å². The van der Waals surface area contributed by atoms with E-state index in [0.29, 0.717) is 17.6 Å². The summed E-state index contributed by atoms with van der Waals surface area (Å²) in [5.74, 6) is 4.91. The predicted octanol–water partition coefficient (Wildman–Crippen LogP) is 7.88.